The minimum absolute atomic E-state index is 0.632. The Morgan fingerprint density at radius 1 is 1.20 bits per heavy atom. The summed E-state index contributed by atoms with van der Waals surface area (Å²) in [4.78, 5) is 4.28. The molecule has 0 bridgehead atoms. The highest BCUT2D eigenvalue weighted by molar-refractivity contribution is 7.14. The first-order chi connectivity index (χ1) is 7.40. The van der Waals surface area contributed by atoms with Gasteiger partial charge in [-0.2, -0.15) is 5.26 Å². The quantitative estimate of drug-likeness (QED) is 0.703. The van der Waals surface area contributed by atoms with E-state index in [4.69, 9.17) is 5.26 Å². The fraction of sp³-hybridized carbons (Fsp3) is 0. The molecule has 0 N–H and O–H groups in total. The van der Waals surface area contributed by atoms with Gasteiger partial charge in [0.05, 0.1) is 5.56 Å². The molecular formula is C12H8N2S. The van der Waals surface area contributed by atoms with E-state index >= 15 is 0 Å². The van der Waals surface area contributed by atoms with Crippen LogP contribution in [0.15, 0.2) is 46.8 Å². The van der Waals surface area contributed by atoms with Crippen LogP contribution in [0.2, 0.25) is 0 Å². The maximum absolute atomic E-state index is 8.79. The van der Waals surface area contributed by atoms with Gasteiger partial charge in [-0.3, -0.25) is 0 Å². The second-order valence-corrected chi connectivity index (χ2v) is 3.81. The number of nitrogens with zero attached hydrogens (tertiary/aromatic N) is 2. The van der Waals surface area contributed by atoms with Crippen molar-refractivity contribution in [1.82, 2.24) is 0 Å². The van der Waals surface area contributed by atoms with Gasteiger partial charge >= 0.3 is 0 Å². The molecule has 0 aliphatic carbocycles. The third-order valence-electron chi connectivity index (χ3n) is 1.90. The smallest absolute Gasteiger partial charge is 0.133 e. The van der Waals surface area contributed by atoms with E-state index in [1.165, 1.54) is 11.3 Å². The van der Waals surface area contributed by atoms with Gasteiger partial charge in [0.25, 0.3) is 0 Å². The lowest BCUT2D eigenvalue weighted by molar-refractivity contribution is 1.49. The summed E-state index contributed by atoms with van der Waals surface area (Å²) >= 11 is 1.47. The SMILES string of the molecule is N#Cc1ccsc1/N=C/c1ccccc1. The third-order valence-corrected chi connectivity index (χ3v) is 2.72. The molecule has 0 unspecified atom stereocenters. The zero-order valence-corrected chi connectivity index (χ0v) is 8.74. The highest BCUT2D eigenvalue weighted by Crippen LogP contribution is 2.25. The van der Waals surface area contributed by atoms with Gasteiger partial charge in [-0.1, -0.05) is 30.3 Å². The zero-order chi connectivity index (χ0) is 10.5. The fourth-order valence-corrected chi connectivity index (χ4v) is 1.85. The molecule has 0 aliphatic heterocycles. The van der Waals surface area contributed by atoms with Crippen LogP contribution in [0.25, 0.3) is 0 Å². The third kappa shape index (κ3) is 2.30. The van der Waals surface area contributed by atoms with Gasteiger partial charge in [0.1, 0.15) is 11.1 Å². The summed E-state index contributed by atoms with van der Waals surface area (Å²) < 4.78 is 0. The van der Waals surface area contributed by atoms with E-state index in [0.717, 1.165) is 10.6 Å². The summed E-state index contributed by atoms with van der Waals surface area (Å²) in [6.45, 7) is 0. The second-order valence-electron chi connectivity index (χ2n) is 2.92. The minimum atomic E-state index is 0.632. The van der Waals surface area contributed by atoms with Gasteiger partial charge in [-0.25, -0.2) is 4.99 Å². The maximum Gasteiger partial charge on any atom is 0.133 e. The van der Waals surface area contributed by atoms with E-state index in [1.807, 2.05) is 35.7 Å². The van der Waals surface area contributed by atoms with Crippen LogP contribution < -0.4 is 0 Å². The molecule has 1 aromatic heterocycles. The Labute approximate surface area is 92.1 Å². The zero-order valence-electron chi connectivity index (χ0n) is 7.92. The van der Waals surface area contributed by atoms with E-state index in [9.17, 15) is 0 Å². The number of benzene rings is 1. The molecule has 0 fully saturated rings. The van der Waals surface area contributed by atoms with Gasteiger partial charge in [-0.15, -0.1) is 11.3 Å². The normalized spacial score (nSPS) is 10.3. The molecule has 2 rings (SSSR count). The molecule has 2 nitrogen and oxygen atoms in total. The van der Waals surface area contributed by atoms with Gasteiger partial charge in [0.15, 0.2) is 0 Å². The Hall–Kier alpha value is -1.92. The van der Waals surface area contributed by atoms with Crippen LogP contribution in [-0.4, -0.2) is 6.21 Å². The first-order valence-electron chi connectivity index (χ1n) is 4.47. The van der Waals surface area contributed by atoms with Gasteiger partial charge in [0, 0.05) is 6.21 Å². The predicted octanol–water partition coefficient (Wildman–Crippen LogP) is 3.37. The lowest BCUT2D eigenvalue weighted by atomic mass is 10.2. The number of rotatable bonds is 2. The summed E-state index contributed by atoms with van der Waals surface area (Å²) in [6.07, 6.45) is 1.77. The number of hydrogen-bond acceptors (Lipinski definition) is 3. The average molecular weight is 212 g/mol. The molecule has 0 amide bonds. The van der Waals surface area contributed by atoms with Gasteiger partial charge in [-0.05, 0) is 17.0 Å². The number of hydrogen-bond donors (Lipinski definition) is 0. The van der Waals surface area contributed by atoms with Crippen LogP contribution in [0, 0.1) is 11.3 Å². The van der Waals surface area contributed by atoms with E-state index < -0.39 is 0 Å². The molecule has 2 aromatic rings. The summed E-state index contributed by atoms with van der Waals surface area (Å²) in [6, 6.07) is 13.7. The van der Waals surface area contributed by atoms with Gasteiger partial charge in [0.2, 0.25) is 0 Å². The largest absolute Gasteiger partial charge is 0.244 e. The summed E-state index contributed by atoms with van der Waals surface area (Å²) in [5, 5.41) is 11.4. The molecular weight excluding hydrogens is 204 g/mol. The molecule has 72 valence electrons. The van der Waals surface area contributed by atoms with Gasteiger partial charge < -0.3 is 0 Å². The molecule has 15 heavy (non-hydrogen) atoms. The lowest BCUT2D eigenvalue weighted by Crippen LogP contribution is -1.77. The van der Waals surface area contributed by atoms with E-state index in [-0.39, 0.29) is 0 Å². The molecule has 0 radical (unpaired) electrons. The minimum Gasteiger partial charge on any atom is -0.244 e. The van der Waals surface area contributed by atoms with Crippen molar-refractivity contribution in [1.29, 1.82) is 5.26 Å². The van der Waals surface area contributed by atoms with Crippen LogP contribution in [0.4, 0.5) is 5.00 Å². The van der Waals surface area contributed by atoms with Crippen molar-refractivity contribution in [3.63, 3.8) is 0 Å². The molecule has 0 saturated heterocycles. The number of aliphatic imine (C=N–C) groups is 1. The molecule has 0 atom stereocenters. The molecule has 0 spiro atoms. The highest BCUT2D eigenvalue weighted by atomic mass is 32.1. The summed E-state index contributed by atoms with van der Waals surface area (Å²) in [5.41, 5.74) is 1.67. The maximum atomic E-state index is 8.79. The van der Waals surface area contributed by atoms with Crippen LogP contribution in [0.3, 0.4) is 0 Å². The molecule has 0 saturated carbocycles. The van der Waals surface area contributed by atoms with Crippen LogP contribution in [0.5, 0.6) is 0 Å². The Bertz CT molecular complexity index is 506. The highest BCUT2D eigenvalue weighted by Gasteiger charge is 1.99. The van der Waals surface area contributed by atoms with E-state index in [2.05, 4.69) is 11.1 Å². The van der Waals surface area contributed by atoms with Crippen LogP contribution >= 0.6 is 11.3 Å². The van der Waals surface area contributed by atoms with Crippen molar-refractivity contribution < 1.29 is 0 Å². The molecule has 1 heterocycles. The Kier molecular flexibility index (Phi) is 2.91. The second kappa shape index (κ2) is 4.54. The molecule has 1 aromatic carbocycles. The standard InChI is InChI=1S/C12H8N2S/c13-8-11-6-7-15-12(11)14-9-10-4-2-1-3-5-10/h1-7,9H/b14-9+. The van der Waals surface area contributed by atoms with Crippen LogP contribution in [0.1, 0.15) is 11.1 Å². The molecule has 0 aliphatic rings. The van der Waals surface area contributed by atoms with Crippen molar-refractivity contribution in [3.05, 3.63) is 52.9 Å². The summed E-state index contributed by atoms with van der Waals surface area (Å²) in [7, 11) is 0. The van der Waals surface area contributed by atoms with Crippen molar-refractivity contribution in [2.75, 3.05) is 0 Å². The van der Waals surface area contributed by atoms with Crippen molar-refractivity contribution in [2.45, 2.75) is 0 Å². The van der Waals surface area contributed by atoms with E-state index in [1.54, 1.807) is 12.3 Å². The fourth-order valence-electron chi connectivity index (χ4n) is 1.16. The monoisotopic (exact) mass is 212 g/mol. The van der Waals surface area contributed by atoms with Crippen LogP contribution in [-0.2, 0) is 0 Å². The lowest BCUT2D eigenvalue weighted by Gasteiger charge is -1.90. The van der Waals surface area contributed by atoms with E-state index in [0.29, 0.717) is 5.56 Å². The Morgan fingerprint density at radius 3 is 2.73 bits per heavy atom. The first kappa shape index (κ1) is 9.63. The van der Waals surface area contributed by atoms with Crippen molar-refractivity contribution in [2.24, 2.45) is 4.99 Å². The summed E-state index contributed by atoms with van der Waals surface area (Å²) in [5.74, 6) is 0. The van der Waals surface area contributed by atoms with Crippen molar-refractivity contribution >= 4 is 22.6 Å². The Balaban J connectivity index is 2.23. The first-order valence-corrected chi connectivity index (χ1v) is 5.35. The number of thiophene rings is 1. The Morgan fingerprint density at radius 2 is 2.00 bits per heavy atom. The topological polar surface area (TPSA) is 36.1 Å². The average Bonchev–Trinajstić information content (AvgIpc) is 2.75. The number of nitriles is 1. The van der Waals surface area contributed by atoms with Crippen molar-refractivity contribution in [3.8, 4) is 6.07 Å². The molecule has 3 heteroatoms. The predicted molar refractivity (Wildman–Crippen MR) is 62.7 cm³/mol.